The van der Waals surface area contributed by atoms with Crippen molar-refractivity contribution in [1.82, 2.24) is 4.98 Å². The first-order valence-corrected chi connectivity index (χ1v) is 5.48. The van der Waals surface area contributed by atoms with Crippen molar-refractivity contribution >= 4 is 11.8 Å². The van der Waals surface area contributed by atoms with Crippen LogP contribution >= 0.6 is 11.8 Å². The number of hydrogen-bond donors (Lipinski definition) is 0. The zero-order valence-electron chi connectivity index (χ0n) is 8.96. The van der Waals surface area contributed by atoms with E-state index in [4.69, 9.17) is 10.5 Å². The van der Waals surface area contributed by atoms with Gasteiger partial charge in [-0.25, -0.2) is 4.98 Å². The van der Waals surface area contributed by atoms with Gasteiger partial charge in [-0.05, 0) is 31.9 Å². The molecule has 0 aliphatic heterocycles. The smallest absolute Gasteiger partial charge is 0.115 e. The summed E-state index contributed by atoms with van der Waals surface area (Å²) in [5.74, 6) is 0.323. The van der Waals surface area contributed by atoms with Crippen molar-refractivity contribution in [2.45, 2.75) is 25.8 Å². The molecule has 0 saturated carbocycles. The number of aromatic nitrogens is 1. The summed E-state index contributed by atoms with van der Waals surface area (Å²) < 4.78 is 0. The van der Waals surface area contributed by atoms with Crippen LogP contribution in [-0.4, -0.2) is 10.7 Å². The molecular weight excluding hydrogens is 206 g/mol. The zero-order valence-corrected chi connectivity index (χ0v) is 9.77. The Kier molecular flexibility index (Phi) is 3.71. The highest BCUT2D eigenvalue weighted by molar-refractivity contribution is 7.99. The summed E-state index contributed by atoms with van der Waals surface area (Å²) in [5.41, 5.74) is 3.53. The van der Waals surface area contributed by atoms with Crippen molar-refractivity contribution in [2.75, 3.05) is 5.75 Å². The van der Waals surface area contributed by atoms with Gasteiger partial charge in [-0.15, -0.1) is 0 Å². The third-order valence-electron chi connectivity index (χ3n) is 2.35. The summed E-state index contributed by atoms with van der Waals surface area (Å²) in [5, 5.41) is 18.2. The molecule has 0 radical (unpaired) electrons. The molecular formula is C11H11N3S. The second kappa shape index (κ2) is 4.82. The Bertz CT molecular complexity index is 466. The molecule has 0 aliphatic rings. The van der Waals surface area contributed by atoms with E-state index in [0.29, 0.717) is 16.3 Å². The molecule has 1 heterocycles. The van der Waals surface area contributed by atoms with E-state index in [1.807, 2.05) is 26.8 Å². The van der Waals surface area contributed by atoms with E-state index in [9.17, 15) is 0 Å². The van der Waals surface area contributed by atoms with Crippen molar-refractivity contribution in [3.63, 3.8) is 0 Å². The summed E-state index contributed by atoms with van der Waals surface area (Å²) in [6.45, 7) is 5.79. The van der Waals surface area contributed by atoms with Crippen LogP contribution in [0.1, 0.15) is 22.4 Å². The predicted molar refractivity (Wildman–Crippen MR) is 59.5 cm³/mol. The Balaban J connectivity index is 3.29. The highest BCUT2D eigenvalue weighted by atomic mass is 32.2. The standard InChI is InChI=1S/C11H11N3S/c1-7-8(2)10(6-13)11(14-9(7)3)15-5-4-12/h5H2,1-3H3. The first-order valence-electron chi connectivity index (χ1n) is 4.49. The molecule has 0 amide bonds. The molecule has 0 aliphatic carbocycles. The Morgan fingerprint density at radius 3 is 2.40 bits per heavy atom. The lowest BCUT2D eigenvalue weighted by molar-refractivity contribution is 1.00. The van der Waals surface area contributed by atoms with Crippen LogP contribution in [0, 0.1) is 43.4 Å². The lowest BCUT2D eigenvalue weighted by Crippen LogP contribution is -1.99. The fourth-order valence-corrected chi connectivity index (χ4v) is 1.99. The minimum absolute atomic E-state index is 0.323. The molecule has 0 saturated heterocycles. The summed E-state index contributed by atoms with van der Waals surface area (Å²) in [4.78, 5) is 4.33. The quantitative estimate of drug-likeness (QED) is 0.714. The molecule has 3 nitrogen and oxygen atoms in total. The third-order valence-corrected chi connectivity index (χ3v) is 3.19. The maximum absolute atomic E-state index is 9.03. The first-order chi connectivity index (χ1) is 7.11. The van der Waals surface area contributed by atoms with Crippen LogP contribution in [0.4, 0.5) is 0 Å². The van der Waals surface area contributed by atoms with Crippen molar-refractivity contribution < 1.29 is 0 Å². The highest BCUT2D eigenvalue weighted by Crippen LogP contribution is 2.25. The summed E-state index contributed by atoms with van der Waals surface area (Å²) in [6, 6.07) is 4.18. The molecule has 0 spiro atoms. The van der Waals surface area contributed by atoms with Gasteiger partial charge in [0, 0.05) is 5.69 Å². The zero-order chi connectivity index (χ0) is 11.4. The van der Waals surface area contributed by atoms with Gasteiger partial charge in [-0.3, -0.25) is 0 Å². The van der Waals surface area contributed by atoms with Crippen LogP contribution < -0.4 is 0 Å². The number of thioether (sulfide) groups is 1. The Labute approximate surface area is 93.7 Å². The van der Waals surface area contributed by atoms with E-state index >= 15 is 0 Å². The third kappa shape index (κ3) is 2.29. The normalized spacial score (nSPS) is 9.40. The Morgan fingerprint density at radius 2 is 1.87 bits per heavy atom. The van der Waals surface area contributed by atoms with Crippen LogP contribution in [0.3, 0.4) is 0 Å². The van der Waals surface area contributed by atoms with E-state index in [0.717, 1.165) is 16.8 Å². The lowest BCUT2D eigenvalue weighted by Gasteiger charge is -2.09. The van der Waals surface area contributed by atoms with Crippen molar-refractivity contribution in [3.05, 3.63) is 22.4 Å². The second-order valence-electron chi connectivity index (χ2n) is 3.19. The van der Waals surface area contributed by atoms with Gasteiger partial charge in [-0.1, -0.05) is 11.8 Å². The van der Waals surface area contributed by atoms with Crippen molar-refractivity contribution in [2.24, 2.45) is 0 Å². The van der Waals surface area contributed by atoms with Gasteiger partial charge in [0.25, 0.3) is 0 Å². The molecule has 15 heavy (non-hydrogen) atoms. The van der Waals surface area contributed by atoms with Crippen LogP contribution in [-0.2, 0) is 0 Å². The molecule has 0 aromatic carbocycles. The van der Waals surface area contributed by atoms with Gasteiger partial charge >= 0.3 is 0 Å². The van der Waals surface area contributed by atoms with Gasteiger partial charge in [0.2, 0.25) is 0 Å². The highest BCUT2D eigenvalue weighted by Gasteiger charge is 2.12. The number of nitriles is 2. The number of nitrogens with zero attached hydrogens (tertiary/aromatic N) is 3. The van der Waals surface area contributed by atoms with Crippen LogP contribution in [0.5, 0.6) is 0 Å². The fourth-order valence-electron chi connectivity index (χ4n) is 1.25. The minimum Gasteiger partial charge on any atom is -0.245 e. The van der Waals surface area contributed by atoms with Gasteiger partial charge in [0.05, 0.1) is 17.4 Å². The number of hydrogen-bond acceptors (Lipinski definition) is 4. The molecule has 1 aromatic heterocycles. The van der Waals surface area contributed by atoms with E-state index in [1.165, 1.54) is 11.8 Å². The van der Waals surface area contributed by atoms with Crippen LogP contribution in [0.15, 0.2) is 5.03 Å². The van der Waals surface area contributed by atoms with Gasteiger partial charge in [0.1, 0.15) is 11.1 Å². The van der Waals surface area contributed by atoms with Gasteiger partial charge in [0.15, 0.2) is 0 Å². The van der Waals surface area contributed by atoms with Crippen molar-refractivity contribution in [3.8, 4) is 12.1 Å². The molecule has 0 fully saturated rings. The summed E-state index contributed by atoms with van der Waals surface area (Å²) >= 11 is 1.31. The molecule has 1 rings (SSSR count). The first kappa shape index (κ1) is 11.6. The maximum Gasteiger partial charge on any atom is 0.115 e. The minimum atomic E-state index is 0.323. The van der Waals surface area contributed by atoms with Crippen molar-refractivity contribution in [1.29, 1.82) is 10.5 Å². The topological polar surface area (TPSA) is 60.5 Å². The molecule has 0 unspecified atom stereocenters. The predicted octanol–water partition coefficient (Wildman–Crippen LogP) is 2.49. The van der Waals surface area contributed by atoms with Crippen LogP contribution in [0.25, 0.3) is 0 Å². The summed E-state index contributed by atoms with van der Waals surface area (Å²) in [7, 11) is 0. The summed E-state index contributed by atoms with van der Waals surface area (Å²) in [6.07, 6.45) is 0. The lowest BCUT2D eigenvalue weighted by atomic mass is 10.1. The molecule has 0 N–H and O–H groups in total. The SMILES string of the molecule is Cc1nc(SCC#N)c(C#N)c(C)c1C. The molecule has 0 bridgehead atoms. The number of rotatable bonds is 2. The van der Waals surface area contributed by atoms with E-state index in [1.54, 1.807) is 0 Å². The maximum atomic E-state index is 9.03. The van der Waals surface area contributed by atoms with Gasteiger partial charge in [-0.2, -0.15) is 10.5 Å². The molecule has 4 heteroatoms. The van der Waals surface area contributed by atoms with Crippen LogP contribution in [0.2, 0.25) is 0 Å². The van der Waals surface area contributed by atoms with Gasteiger partial charge < -0.3 is 0 Å². The average Bonchev–Trinajstić information content (AvgIpc) is 2.23. The average molecular weight is 217 g/mol. The largest absolute Gasteiger partial charge is 0.245 e. The Hall–Kier alpha value is -1.52. The monoisotopic (exact) mass is 217 g/mol. The fraction of sp³-hybridized carbons (Fsp3) is 0.364. The Morgan fingerprint density at radius 1 is 1.20 bits per heavy atom. The molecule has 76 valence electrons. The number of pyridine rings is 1. The van der Waals surface area contributed by atoms with E-state index in [2.05, 4.69) is 11.1 Å². The van der Waals surface area contributed by atoms with E-state index < -0.39 is 0 Å². The van der Waals surface area contributed by atoms with E-state index in [-0.39, 0.29) is 0 Å². The number of aryl methyl sites for hydroxylation is 1. The molecule has 1 aromatic rings. The second-order valence-corrected chi connectivity index (χ2v) is 4.15. The molecule has 0 atom stereocenters.